The molecule has 0 bridgehead atoms. The SMILES string of the molecule is CCN(CC)CCCNc1nn(CCC(C)N2CCCCC2)c2ccc(O)cc12. The lowest BCUT2D eigenvalue weighted by molar-refractivity contribution is 0.162. The smallest absolute Gasteiger partial charge is 0.156 e. The van der Waals surface area contributed by atoms with Gasteiger partial charge < -0.3 is 20.2 Å². The first kappa shape index (κ1) is 21.9. The van der Waals surface area contributed by atoms with Crippen molar-refractivity contribution < 1.29 is 5.11 Å². The Hall–Kier alpha value is -1.79. The highest BCUT2D eigenvalue weighted by molar-refractivity contribution is 5.91. The third-order valence-corrected chi connectivity index (χ3v) is 6.34. The molecule has 162 valence electrons. The van der Waals surface area contributed by atoms with Crippen molar-refractivity contribution in [2.24, 2.45) is 0 Å². The first-order valence-corrected chi connectivity index (χ1v) is 11.5. The van der Waals surface area contributed by atoms with E-state index < -0.39 is 0 Å². The standard InChI is InChI=1S/C23H39N5O/c1-4-26(5-2)14-9-13-24-23-21-18-20(29)10-11-22(21)28(25-23)17-12-19(3)27-15-7-6-8-16-27/h10-11,18-19,29H,4-9,12-17H2,1-3H3,(H,24,25). The normalized spacial score (nSPS) is 16.6. The highest BCUT2D eigenvalue weighted by atomic mass is 16.3. The molecule has 2 N–H and O–H groups in total. The van der Waals surface area contributed by atoms with Crippen molar-refractivity contribution in [3.63, 3.8) is 0 Å². The Morgan fingerprint density at radius 1 is 1.17 bits per heavy atom. The Kier molecular flexibility index (Phi) is 8.19. The molecule has 29 heavy (non-hydrogen) atoms. The van der Waals surface area contributed by atoms with Crippen molar-refractivity contribution >= 4 is 16.7 Å². The van der Waals surface area contributed by atoms with Crippen molar-refractivity contribution in [1.82, 2.24) is 19.6 Å². The van der Waals surface area contributed by atoms with E-state index in [1.165, 1.54) is 32.4 Å². The number of phenols is 1. The number of aromatic nitrogens is 2. The average molecular weight is 402 g/mol. The van der Waals surface area contributed by atoms with Crippen LogP contribution >= 0.6 is 0 Å². The second-order valence-corrected chi connectivity index (χ2v) is 8.31. The molecule has 6 nitrogen and oxygen atoms in total. The molecule has 0 saturated carbocycles. The Morgan fingerprint density at radius 3 is 2.66 bits per heavy atom. The number of nitrogens with zero attached hydrogens (tertiary/aromatic N) is 4. The van der Waals surface area contributed by atoms with Gasteiger partial charge in [0.25, 0.3) is 0 Å². The highest BCUT2D eigenvalue weighted by Crippen LogP contribution is 2.27. The van der Waals surface area contributed by atoms with Crippen LogP contribution < -0.4 is 5.32 Å². The van der Waals surface area contributed by atoms with Gasteiger partial charge in [0.1, 0.15) is 5.75 Å². The van der Waals surface area contributed by atoms with E-state index in [-0.39, 0.29) is 0 Å². The molecular weight excluding hydrogens is 362 g/mol. The van der Waals surface area contributed by atoms with Gasteiger partial charge in [-0.15, -0.1) is 0 Å². The van der Waals surface area contributed by atoms with Crippen molar-refractivity contribution in [2.75, 3.05) is 44.6 Å². The number of rotatable bonds is 11. The second kappa shape index (κ2) is 10.8. The zero-order valence-corrected chi connectivity index (χ0v) is 18.5. The molecule has 2 aromatic rings. The van der Waals surface area contributed by atoms with E-state index in [1.807, 2.05) is 12.1 Å². The Balaban J connectivity index is 1.63. The molecule has 1 fully saturated rings. The van der Waals surface area contributed by atoms with Gasteiger partial charge in [-0.05, 0) is 83.5 Å². The average Bonchev–Trinajstić information content (AvgIpc) is 3.09. The maximum Gasteiger partial charge on any atom is 0.156 e. The van der Waals surface area contributed by atoms with E-state index in [2.05, 4.69) is 40.6 Å². The van der Waals surface area contributed by atoms with Gasteiger partial charge in [0.2, 0.25) is 0 Å². The summed E-state index contributed by atoms with van der Waals surface area (Å²) in [5.74, 6) is 1.19. The minimum Gasteiger partial charge on any atom is -0.508 e. The van der Waals surface area contributed by atoms with Crippen LogP contribution in [0.2, 0.25) is 0 Å². The summed E-state index contributed by atoms with van der Waals surface area (Å²) in [5.41, 5.74) is 1.10. The molecule has 2 heterocycles. The molecule has 1 aromatic heterocycles. The van der Waals surface area contributed by atoms with Gasteiger partial charge in [0, 0.05) is 24.5 Å². The lowest BCUT2D eigenvalue weighted by atomic mass is 10.1. The molecule has 0 aliphatic carbocycles. The van der Waals surface area contributed by atoms with E-state index in [9.17, 15) is 5.11 Å². The van der Waals surface area contributed by atoms with Crippen LogP contribution in [-0.4, -0.2) is 70.0 Å². The lowest BCUT2D eigenvalue weighted by Gasteiger charge is -2.32. The lowest BCUT2D eigenvalue weighted by Crippen LogP contribution is -2.37. The molecule has 1 saturated heterocycles. The van der Waals surface area contributed by atoms with E-state index in [4.69, 9.17) is 5.10 Å². The summed E-state index contributed by atoms with van der Waals surface area (Å²) in [6.45, 7) is 14.3. The van der Waals surface area contributed by atoms with Gasteiger partial charge >= 0.3 is 0 Å². The van der Waals surface area contributed by atoms with E-state index in [0.717, 1.165) is 62.3 Å². The number of aryl methyl sites for hydroxylation is 1. The van der Waals surface area contributed by atoms with Crippen LogP contribution in [0.5, 0.6) is 5.75 Å². The van der Waals surface area contributed by atoms with Crippen LogP contribution in [0.25, 0.3) is 10.9 Å². The summed E-state index contributed by atoms with van der Waals surface area (Å²) in [7, 11) is 0. The molecule has 0 radical (unpaired) electrons. The monoisotopic (exact) mass is 401 g/mol. The summed E-state index contributed by atoms with van der Waals surface area (Å²) in [6, 6.07) is 6.17. The summed E-state index contributed by atoms with van der Waals surface area (Å²) in [5, 5.41) is 19.4. The molecular formula is C23H39N5O. The number of anilines is 1. The number of fused-ring (bicyclic) bond motifs is 1. The van der Waals surface area contributed by atoms with Gasteiger partial charge in [0.15, 0.2) is 5.82 Å². The number of nitrogens with one attached hydrogen (secondary N) is 1. The van der Waals surface area contributed by atoms with E-state index in [0.29, 0.717) is 11.8 Å². The molecule has 1 atom stereocenters. The number of likely N-dealkylation sites (tertiary alicyclic amines) is 1. The third kappa shape index (κ3) is 5.86. The molecule has 1 aromatic carbocycles. The van der Waals surface area contributed by atoms with Crippen molar-refractivity contribution in [3.05, 3.63) is 18.2 Å². The number of hydrogen-bond donors (Lipinski definition) is 2. The Bertz CT molecular complexity index is 749. The number of piperidine rings is 1. The summed E-state index contributed by atoms with van der Waals surface area (Å²) in [6.07, 6.45) is 6.21. The minimum absolute atomic E-state index is 0.296. The van der Waals surface area contributed by atoms with Gasteiger partial charge in [-0.25, -0.2) is 0 Å². The zero-order valence-electron chi connectivity index (χ0n) is 18.5. The first-order valence-electron chi connectivity index (χ1n) is 11.5. The van der Waals surface area contributed by atoms with Gasteiger partial charge in [-0.1, -0.05) is 20.3 Å². The Labute approximate surface area is 175 Å². The van der Waals surface area contributed by atoms with Crippen LogP contribution in [0, 0.1) is 0 Å². The van der Waals surface area contributed by atoms with Crippen LogP contribution in [0.1, 0.15) is 52.9 Å². The van der Waals surface area contributed by atoms with E-state index >= 15 is 0 Å². The molecule has 3 rings (SSSR count). The summed E-state index contributed by atoms with van der Waals surface area (Å²) < 4.78 is 2.11. The number of hydrogen-bond acceptors (Lipinski definition) is 5. The zero-order chi connectivity index (χ0) is 20.6. The fourth-order valence-electron chi connectivity index (χ4n) is 4.37. The fraction of sp³-hybridized carbons (Fsp3) is 0.696. The molecule has 1 aliphatic heterocycles. The predicted octanol–water partition coefficient (Wildman–Crippen LogP) is 4.15. The van der Waals surface area contributed by atoms with Crippen molar-refractivity contribution in [1.29, 1.82) is 0 Å². The van der Waals surface area contributed by atoms with Crippen LogP contribution in [0.15, 0.2) is 18.2 Å². The number of aromatic hydroxyl groups is 1. The molecule has 6 heteroatoms. The maximum absolute atomic E-state index is 9.98. The predicted molar refractivity (Wildman–Crippen MR) is 122 cm³/mol. The van der Waals surface area contributed by atoms with Crippen molar-refractivity contribution in [3.8, 4) is 5.75 Å². The number of benzene rings is 1. The highest BCUT2D eigenvalue weighted by Gasteiger charge is 2.18. The Morgan fingerprint density at radius 2 is 1.93 bits per heavy atom. The quantitative estimate of drug-likeness (QED) is 0.554. The number of phenolic OH excluding ortho intramolecular Hbond substituents is 1. The molecule has 1 aliphatic rings. The minimum atomic E-state index is 0.296. The van der Waals surface area contributed by atoms with Gasteiger partial charge in [-0.3, -0.25) is 4.68 Å². The van der Waals surface area contributed by atoms with Gasteiger partial charge in [0.05, 0.1) is 5.52 Å². The van der Waals surface area contributed by atoms with Crippen molar-refractivity contribution in [2.45, 2.75) is 65.5 Å². The summed E-state index contributed by atoms with van der Waals surface area (Å²) in [4.78, 5) is 5.06. The van der Waals surface area contributed by atoms with E-state index in [1.54, 1.807) is 6.07 Å². The van der Waals surface area contributed by atoms with Crippen LogP contribution in [0.3, 0.4) is 0 Å². The molecule has 0 spiro atoms. The largest absolute Gasteiger partial charge is 0.508 e. The maximum atomic E-state index is 9.98. The topological polar surface area (TPSA) is 56.6 Å². The molecule has 1 unspecified atom stereocenters. The van der Waals surface area contributed by atoms with Crippen LogP contribution in [0.4, 0.5) is 5.82 Å². The third-order valence-electron chi connectivity index (χ3n) is 6.34. The molecule has 0 amide bonds. The van der Waals surface area contributed by atoms with Crippen LogP contribution in [-0.2, 0) is 6.54 Å². The fourth-order valence-corrected chi connectivity index (χ4v) is 4.37. The van der Waals surface area contributed by atoms with Gasteiger partial charge in [-0.2, -0.15) is 5.10 Å². The first-order chi connectivity index (χ1) is 14.1. The second-order valence-electron chi connectivity index (χ2n) is 8.31. The summed E-state index contributed by atoms with van der Waals surface area (Å²) >= 11 is 0.